The number of anilines is 1. The standard InChI is InChI=1S/C17H21F2N5O/c1-13-14(3-2-4-20-13)11-22-5-7-23(8-6-22)15-9-17(25)24(21-10-15)12-16(18)19/h2-4,9-10,16H,5-8,11-12H2,1H3. The lowest BCUT2D eigenvalue weighted by atomic mass is 10.2. The number of hydrogen-bond donors (Lipinski definition) is 0. The molecular weight excluding hydrogens is 328 g/mol. The van der Waals surface area contributed by atoms with Gasteiger partial charge in [0.15, 0.2) is 0 Å². The molecule has 0 atom stereocenters. The fourth-order valence-electron chi connectivity index (χ4n) is 2.95. The molecule has 3 rings (SSSR count). The Morgan fingerprint density at radius 2 is 2.00 bits per heavy atom. The number of piperazine rings is 1. The van der Waals surface area contributed by atoms with Gasteiger partial charge < -0.3 is 4.90 Å². The molecule has 1 fully saturated rings. The van der Waals surface area contributed by atoms with Crippen LogP contribution in [0.1, 0.15) is 11.3 Å². The number of nitrogens with zero attached hydrogens (tertiary/aromatic N) is 5. The average molecular weight is 349 g/mol. The summed E-state index contributed by atoms with van der Waals surface area (Å²) in [5, 5.41) is 3.85. The topological polar surface area (TPSA) is 54.3 Å². The third kappa shape index (κ3) is 4.39. The van der Waals surface area contributed by atoms with E-state index >= 15 is 0 Å². The van der Waals surface area contributed by atoms with E-state index in [1.54, 1.807) is 6.20 Å². The van der Waals surface area contributed by atoms with Crippen LogP contribution in [0.4, 0.5) is 14.5 Å². The number of halogens is 2. The summed E-state index contributed by atoms with van der Waals surface area (Å²) in [6, 6.07) is 5.41. The monoisotopic (exact) mass is 349 g/mol. The summed E-state index contributed by atoms with van der Waals surface area (Å²) in [5.74, 6) is 0. The normalized spacial score (nSPS) is 15.8. The van der Waals surface area contributed by atoms with Crippen LogP contribution in [0.2, 0.25) is 0 Å². The fraction of sp³-hybridized carbons (Fsp3) is 0.471. The lowest BCUT2D eigenvalue weighted by molar-refractivity contribution is 0.119. The minimum Gasteiger partial charge on any atom is -0.368 e. The number of hydrogen-bond acceptors (Lipinski definition) is 5. The van der Waals surface area contributed by atoms with E-state index in [9.17, 15) is 13.6 Å². The molecule has 6 nitrogen and oxygen atoms in total. The zero-order valence-electron chi connectivity index (χ0n) is 14.1. The summed E-state index contributed by atoms with van der Waals surface area (Å²) in [6.45, 7) is 5.42. The predicted molar refractivity (Wildman–Crippen MR) is 91.0 cm³/mol. The Labute approximate surface area is 144 Å². The summed E-state index contributed by atoms with van der Waals surface area (Å²) in [5.41, 5.74) is 2.45. The molecular formula is C17H21F2N5O. The van der Waals surface area contributed by atoms with Crippen molar-refractivity contribution in [1.82, 2.24) is 19.7 Å². The number of pyridine rings is 1. The van der Waals surface area contributed by atoms with Gasteiger partial charge in [-0.15, -0.1) is 0 Å². The molecule has 0 radical (unpaired) electrons. The highest BCUT2D eigenvalue weighted by Crippen LogP contribution is 2.15. The van der Waals surface area contributed by atoms with Crippen LogP contribution in [0, 0.1) is 6.92 Å². The number of alkyl halides is 2. The van der Waals surface area contributed by atoms with Crippen LogP contribution in [0.5, 0.6) is 0 Å². The Morgan fingerprint density at radius 1 is 1.24 bits per heavy atom. The zero-order valence-corrected chi connectivity index (χ0v) is 14.1. The third-order valence-corrected chi connectivity index (χ3v) is 4.41. The van der Waals surface area contributed by atoms with Crippen molar-refractivity contribution in [2.24, 2.45) is 0 Å². The van der Waals surface area contributed by atoms with Crippen molar-refractivity contribution in [3.63, 3.8) is 0 Å². The van der Waals surface area contributed by atoms with Crippen molar-refractivity contribution in [3.05, 3.63) is 52.2 Å². The van der Waals surface area contributed by atoms with Crippen molar-refractivity contribution in [2.75, 3.05) is 31.1 Å². The zero-order chi connectivity index (χ0) is 17.8. The first-order valence-electron chi connectivity index (χ1n) is 8.26. The fourth-order valence-corrected chi connectivity index (χ4v) is 2.95. The molecule has 0 amide bonds. The summed E-state index contributed by atoms with van der Waals surface area (Å²) in [4.78, 5) is 20.6. The average Bonchev–Trinajstić information content (AvgIpc) is 2.59. The maximum Gasteiger partial charge on any atom is 0.269 e. The molecule has 0 aliphatic carbocycles. The molecule has 0 bridgehead atoms. The number of aromatic nitrogens is 3. The van der Waals surface area contributed by atoms with E-state index in [0.717, 1.165) is 43.1 Å². The SMILES string of the molecule is Cc1ncccc1CN1CCN(c2cnn(CC(F)F)c(=O)c2)CC1. The minimum atomic E-state index is -2.59. The van der Waals surface area contributed by atoms with E-state index < -0.39 is 18.5 Å². The van der Waals surface area contributed by atoms with E-state index in [0.29, 0.717) is 5.69 Å². The molecule has 0 saturated carbocycles. The molecule has 1 aliphatic heterocycles. The van der Waals surface area contributed by atoms with Crippen LogP contribution in [0.25, 0.3) is 0 Å². The van der Waals surface area contributed by atoms with Gasteiger partial charge >= 0.3 is 0 Å². The van der Waals surface area contributed by atoms with Crippen LogP contribution in [-0.2, 0) is 13.1 Å². The molecule has 25 heavy (non-hydrogen) atoms. The van der Waals surface area contributed by atoms with Crippen molar-refractivity contribution in [1.29, 1.82) is 0 Å². The Kier molecular flexibility index (Phi) is 5.37. The van der Waals surface area contributed by atoms with E-state index in [1.807, 2.05) is 13.0 Å². The lowest BCUT2D eigenvalue weighted by Gasteiger charge is -2.36. The first kappa shape index (κ1) is 17.5. The maximum atomic E-state index is 12.4. The van der Waals surface area contributed by atoms with Crippen LogP contribution < -0.4 is 10.5 Å². The Balaban J connectivity index is 1.60. The lowest BCUT2D eigenvalue weighted by Crippen LogP contribution is -2.46. The molecule has 3 heterocycles. The summed E-state index contributed by atoms with van der Waals surface area (Å²) in [7, 11) is 0. The third-order valence-electron chi connectivity index (χ3n) is 4.41. The molecule has 1 saturated heterocycles. The van der Waals surface area contributed by atoms with Gasteiger partial charge in [0.2, 0.25) is 0 Å². The van der Waals surface area contributed by atoms with Gasteiger partial charge in [-0.3, -0.25) is 14.7 Å². The number of rotatable bonds is 5. The summed E-state index contributed by atoms with van der Waals surface area (Å²) < 4.78 is 25.6. The van der Waals surface area contributed by atoms with Crippen LogP contribution in [-0.4, -0.2) is 52.3 Å². The molecule has 8 heteroatoms. The van der Waals surface area contributed by atoms with Gasteiger partial charge in [-0.05, 0) is 18.6 Å². The van der Waals surface area contributed by atoms with Gasteiger partial charge in [0.1, 0.15) is 6.54 Å². The molecule has 2 aromatic heterocycles. The summed E-state index contributed by atoms with van der Waals surface area (Å²) in [6.07, 6.45) is 0.695. The highest BCUT2D eigenvalue weighted by atomic mass is 19.3. The van der Waals surface area contributed by atoms with Gasteiger partial charge in [-0.2, -0.15) is 5.10 Å². The molecule has 1 aliphatic rings. The largest absolute Gasteiger partial charge is 0.368 e. The van der Waals surface area contributed by atoms with E-state index in [1.165, 1.54) is 17.8 Å². The Hall–Kier alpha value is -2.35. The molecule has 0 unspecified atom stereocenters. The molecule has 134 valence electrons. The summed E-state index contributed by atoms with van der Waals surface area (Å²) >= 11 is 0. The van der Waals surface area contributed by atoms with Gasteiger partial charge in [0.05, 0.1) is 11.9 Å². The molecule has 0 N–H and O–H groups in total. The highest BCUT2D eigenvalue weighted by Gasteiger charge is 2.19. The van der Waals surface area contributed by atoms with Crippen molar-refractivity contribution >= 4 is 5.69 Å². The van der Waals surface area contributed by atoms with Crippen LogP contribution >= 0.6 is 0 Å². The van der Waals surface area contributed by atoms with Gasteiger partial charge in [0, 0.05) is 50.7 Å². The Bertz CT molecular complexity index is 772. The van der Waals surface area contributed by atoms with E-state index in [4.69, 9.17) is 0 Å². The quantitative estimate of drug-likeness (QED) is 0.820. The van der Waals surface area contributed by atoms with E-state index in [2.05, 4.69) is 25.9 Å². The Morgan fingerprint density at radius 3 is 2.64 bits per heavy atom. The van der Waals surface area contributed by atoms with Gasteiger partial charge in [0.25, 0.3) is 12.0 Å². The highest BCUT2D eigenvalue weighted by molar-refractivity contribution is 5.43. The molecule has 0 aromatic carbocycles. The second-order valence-corrected chi connectivity index (χ2v) is 6.14. The predicted octanol–water partition coefficient (Wildman–Crippen LogP) is 1.53. The van der Waals surface area contributed by atoms with Crippen LogP contribution in [0.3, 0.4) is 0 Å². The van der Waals surface area contributed by atoms with Gasteiger partial charge in [-0.1, -0.05) is 6.07 Å². The maximum absolute atomic E-state index is 12.4. The second kappa shape index (κ2) is 7.69. The first-order valence-corrected chi connectivity index (χ1v) is 8.26. The number of aryl methyl sites for hydroxylation is 1. The van der Waals surface area contributed by atoms with E-state index in [-0.39, 0.29) is 0 Å². The van der Waals surface area contributed by atoms with Crippen molar-refractivity contribution in [2.45, 2.75) is 26.4 Å². The minimum absolute atomic E-state index is 0.494. The van der Waals surface area contributed by atoms with Gasteiger partial charge in [-0.25, -0.2) is 13.5 Å². The van der Waals surface area contributed by atoms with Crippen LogP contribution in [0.15, 0.2) is 35.4 Å². The van der Waals surface area contributed by atoms with Crippen molar-refractivity contribution < 1.29 is 8.78 Å². The second-order valence-electron chi connectivity index (χ2n) is 6.14. The van der Waals surface area contributed by atoms with Crippen molar-refractivity contribution in [3.8, 4) is 0 Å². The molecule has 2 aromatic rings. The molecule has 0 spiro atoms. The smallest absolute Gasteiger partial charge is 0.269 e. The first-order chi connectivity index (χ1) is 12.0.